The molecule has 1 atom stereocenters. The Morgan fingerprint density at radius 1 is 1.00 bits per heavy atom. The highest BCUT2D eigenvalue weighted by molar-refractivity contribution is 5.63. The van der Waals surface area contributed by atoms with Gasteiger partial charge in [0.1, 0.15) is 5.82 Å². The average Bonchev–Trinajstić information content (AvgIpc) is 3.04. The molecule has 0 fully saturated rings. The Morgan fingerprint density at radius 2 is 1.62 bits per heavy atom. The lowest BCUT2D eigenvalue weighted by Gasteiger charge is -2.15. The van der Waals surface area contributed by atoms with Crippen molar-refractivity contribution in [2.24, 2.45) is 0 Å². The van der Waals surface area contributed by atoms with Crippen LogP contribution in [0.25, 0.3) is 11.1 Å². The molecule has 0 radical (unpaired) electrons. The first-order valence-electron chi connectivity index (χ1n) is 6.74. The smallest absolute Gasteiger partial charge is 0.123 e. The summed E-state index contributed by atoms with van der Waals surface area (Å²) >= 11 is 0. The maximum Gasteiger partial charge on any atom is 0.123 e. The van der Waals surface area contributed by atoms with Crippen LogP contribution in [0.15, 0.2) is 79.9 Å². The van der Waals surface area contributed by atoms with Crippen molar-refractivity contribution in [2.45, 2.75) is 6.04 Å². The van der Waals surface area contributed by atoms with Crippen molar-refractivity contribution in [3.8, 4) is 11.1 Å². The zero-order valence-corrected chi connectivity index (χ0v) is 11.5. The molecule has 0 saturated carbocycles. The third-order valence-electron chi connectivity index (χ3n) is 3.50. The van der Waals surface area contributed by atoms with Gasteiger partial charge in [-0.1, -0.05) is 42.5 Å². The fourth-order valence-corrected chi connectivity index (χ4v) is 2.38. The summed E-state index contributed by atoms with van der Waals surface area (Å²) in [6.45, 7) is 3.89. The summed E-state index contributed by atoms with van der Waals surface area (Å²) in [5.74, 6) is -0.220. The molecular weight excluding hydrogens is 263 g/mol. The largest absolute Gasteiger partial charge is 0.326 e. The molecule has 1 heterocycles. The van der Waals surface area contributed by atoms with Crippen molar-refractivity contribution in [2.75, 3.05) is 0 Å². The maximum atomic E-state index is 13.0. The van der Waals surface area contributed by atoms with E-state index in [-0.39, 0.29) is 11.9 Å². The Bertz CT molecular complexity index is 713. The van der Waals surface area contributed by atoms with Crippen molar-refractivity contribution in [1.82, 2.24) is 9.55 Å². The Morgan fingerprint density at radius 3 is 2.14 bits per heavy atom. The molecule has 0 saturated heterocycles. The van der Waals surface area contributed by atoms with E-state index < -0.39 is 0 Å². The molecular formula is C18H15FN2. The van der Waals surface area contributed by atoms with E-state index in [0.29, 0.717) is 0 Å². The van der Waals surface area contributed by atoms with E-state index in [1.807, 2.05) is 29.0 Å². The third kappa shape index (κ3) is 2.77. The highest BCUT2D eigenvalue weighted by Crippen LogP contribution is 2.24. The quantitative estimate of drug-likeness (QED) is 0.644. The molecule has 0 aliphatic heterocycles. The summed E-state index contributed by atoms with van der Waals surface area (Å²) in [5.41, 5.74) is 3.20. The van der Waals surface area contributed by atoms with Crippen LogP contribution in [-0.2, 0) is 0 Å². The van der Waals surface area contributed by atoms with Crippen molar-refractivity contribution < 1.29 is 4.39 Å². The molecule has 2 aromatic carbocycles. The Labute approximate surface area is 123 Å². The third-order valence-corrected chi connectivity index (χ3v) is 3.50. The van der Waals surface area contributed by atoms with Gasteiger partial charge in [0.2, 0.25) is 0 Å². The van der Waals surface area contributed by atoms with Crippen molar-refractivity contribution >= 4 is 0 Å². The molecule has 3 heteroatoms. The van der Waals surface area contributed by atoms with Crippen LogP contribution < -0.4 is 0 Å². The number of aromatic nitrogens is 2. The molecule has 1 aromatic heterocycles. The van der Waals surface area contributed by atoms with Gasteiger partial charge in [-0.25, -0.2) is 9.37 Å². The first-order chi connectivity index (χ1) is 10.3. The van der Waals surface area contributed by atoms with Gasteiger partial charge in [0, 0.05) is 12.4 Å². The van der Waals surface area contributed by atoms with Gasteiger partial charge in [-0.2, -0.15) is 0 Å². The van der Waals surface area contributed by atoms with Crippen LogP contribution in [-0.4, -0.2) is 9.55 Å². The number of hydrogen-bond acceptors (Lipinski definition) is 1. The topological polar surface area (TPSA) is 17.8 Å². The summed E-state index contributed by atoms with van der Waals surface area (Å²) < 4.78 is 15.0. The van der Waals surface area contributed by atoms with Crippen molar-refractivity contribution in [3.63, 3.8) is 0 Å². The minimum Gasteiger partial charge on any atom is -0.326 e. The van der Waals surface area contributed by atoms with Crippen LogP contribution in [0, 0.1) is 5.82 Å². The molecule has 0 aliphatic rings. The second-order valence-corrected chi connectivity index (χ2v) is 4.82. The van der Waals surface area contributed by atoms with E-state index in [2.05, 4.69) is 23.7 Å². The monoisotopic (exact) mass is 278 g/mol. The molecule has 0 bridgehead atoms. The number of nitrogens with zero attached hydrogens (tertiary/aromatic N) is 2. The van der Waals surface area contributed by atoms with E-state index in [0.717, 1.165) is 16.7 Å². The van der Waals surface area contributed by atoms with E-state index in [1.54, 1.807) is 24.7 Å². The van der Waals surface area contributed by atoms with Gasteiger partial charge in [-0.15, -0.1) is 6.58 Å². The molecule has 0 amide bonds. The zero-order valence-electron chi connectivity index (χ0n) is 11.5. The lowest BCUT2D eigenvalue weighted by molar-refractivity contribution is 0.628. The van der Waals surface area contributed by atoms with E-state index in [1.165, 1.54) is 12.1 Å². The maximum absolute atomic E-state index is 13.0. The van der Waals surface area contributed by atoms with E-state index in [9.17, 15) is 4.39 Å². The number of rotatable bonds is 4. The highest BCUT2D eigenvalue weighted by Gasteiger charge is 2.09. The van der Waals surface area contributed by atoms with Crippen molar-refractivity contribution in [1.29, 1.82) is 0 Å². The Kier molecular flexibility index (Phi) is 3.65. The van der Waals surface area contributed by atoms with Crippen LogP contribution in [0.1, 0.15) is 11.6 Å². The second-order valence-electron chi connectivity index (χ2n) is 4.82. The molecule has 3 rings (SSSR count). The number of benzene rings is 2. The molecule has 21 heavy (non-hydrogen) atoms. The highest BCUT2D eigenvalue weighted by atomic mass is 19.1. The summed E-state index contributed by atoms with van der Waals surface area (Å²) in [4.78, 5) is 4.07. The lowest BCUT2D eigenvalue weighted by atomic mass is 10.0. The first-order valence-corrected chi connectivity index (χ1v) is 6.74. The Balaban J connectivity index is 1.90. The predicted octanol–water partition coefficient (Wildman–Crippen LogP) is 4.46. The Hall–Kier alpha value is -2.68. The standard InChI is InChI=1S/C18H15FN2/c1-2-18(21-12-11-20-13-21)16-5-3-14(4-6-16)15-7-9-17(19)10-8-15/h2-13,18H,1H2. The van der Waals surface area contributed by atoms with Gasteiger partial charge >= 0.3 is 0 Å². The van der Waals surface area contributed by atoms with Crippen LogP contribution >= 0.6 is 0 Å². The van der Waals surface area contributed by atoms with Gasteiger partial charge < -0.3 is 4.57 Å². The number of allylic oxidation sites excluding steroid dienone is 1. The van der Waals surface area contributed by atoms with Crippen LogP contribution in [0.5, 0.6) is 0 Å². The van der Waals surface area contributed by atoms with Crippen LogP contribution in [0.2, 0.25) is 0 Å². The van der Waals surface area contributed by atoms with Gasteiger partial charge in [-0.3, -0.25) is 0 Å². The van der Waals surface area contributed by atoms with Crippen LogP contribution in [0.4, 0.5) is 4.39 Å². The molecule has 0 aliphatic carbocycles. The normalized spacial score (nSPS) is 12.0. The predicted molar refractivity (Wildman–Crippen MR) is 82.4 cm³/mol. The van der Waals surface area contributed by atoms with Gasteiger partial charge in [-0.05, 0) is 28.8 Å². The molecule has 3 aromatic rings. The van der Waals surface area contributed by atoms with Crippen molar-refractivity contribution in [3.05, 3.63) is 91.3 Å². The minimum atomic E-state index is -0.220. The average molecular weight is 278 g/mol. The lowest BCUT2D eigenvalue weighted by Crippen LogP contribution is -2.05. The van der Waals surface area contributed by atoms with Crippen LogP contribution in [0.3, 0.4) is 0 Å². The number of imidazole rings is 1. The van der Waals surface area contributed by atoms with E-state index in [4.69, 9.17) is 0 Å². The number of halogens is 1. The summed E-state index contributed by atoms with van der Waals surface area (Å²) in [6.07, 6.45) is 7.33. The summed E-state index contributed by atoms with van der Waals surface area (Å²) in [6, 6.07) is 14.8. The van der Waals surface area contributed by atoms with Gasteiger partial charge in [0.25, 0.3) is 0 Å². The molecule has 2 nitrogen and oxygen atoms in total. The first kappa shape index (κ1) is 13.3. The van der Waals surface area contributed by atoms with Gasteiger partial charge in [0.15, 0.2) is 0 Å². The second kappa shape index (κ2) is 5.75. The minimum absolute atomic E-state index is 0.0646. The molecule has 1 unspecified atom stereocenters. The summed E-state index contributed by atoms with van der Waals surface area (Å²) in [7, 11) is 0. The number of hydrogen-bond donors (Lipinski definition) is 0. The molecule has 104 valence electrons. The molecule has 0 spiro atoms. The summed E-state index contributed by atoms with van der Waals surface area (Å²) in [5, 5.41) is 0. The van der Waals surface area contributed by atoms with E-state index >= 15 is 0 Å². The zero-order chi connectivity index (χ0) is 14.7. The SMILES string of the molecule is C=CC(c1ccc(-c2ccc(F)cc2)cc1)n1ccnc1. The van der Waals surface area contributed by atoms with Gasteiger partial charge in [0.05, 0.1) is 12.4 Å². The molecule has 0 N–H and O–H groups in total. The fraction of sp³-hybridized carbons (Fsp3) is 0.0556. The fourth-order valence-electron chi connectivity index (χ4n) is 2.38.